The highest BCUT2D eigenvalue weighted by Gasteiger charge is 2.05. The molecule has 0 aliphatic rings. The zero-order chi connectivity index (χ0) is 10.1. The summed E-state index contributed by atoms with van der Waals surface area (Å²) < 4.78 is 5.06. The van der Waals surface area contributed by atoms with Gasteiger partial charge in [0.15, 0.2) is 0 Å². The minimum Gasteiger partial charge on any atom is -0.465 e. The van der Waals surface area contributed by atoms with Crippen molar-refractivity contribution in [2.45, 2.75) is 39.5 Å². The maximum Gasteiger partial charge on any atom is 0.305 e. The molecule has 0 bridgehead atoms. The van der Waals surface area contributed by atoms with Crippen molar-refractivity contribution >= 4 is 17.6 Å². The molecule has 0 amide bonds. The summed E-state index contributed by atoms with van der Waals surface area (Å²) in [6, 6.07) is 0. The molecule has 0 aromatic carbocycles. The van der Waals surface area contributed by atoms with E-state index >= 15 is 0 Å². The SMILES string of the molecule is CCCC(C)COC(=O)CCCCl. The lowest BCUT2D eigenvalue weighted by Crippen LogP contribution is -2.11. The van der Waals surface area contributed by atoms with E-state index < -0.39 is 0 Å². The number of halogens is 1. The highest BCUT2D eigenvalue weighted by molar-refractivity contribution is 6.17. The van der Waals surface area contributed by atoms with Crippen LogP contribution in [0.25, 0.3) is 0 Å². The van der Waals surface area contributed by atoms with Crippen LogP contribution < -0.4 is 0 Å². The van der Waals surface area contributed by atoms with E-state index in [2.05, 4.69) is 13.8 Å². The molecule has 0 radical (unpaired) electrons. The molecule has 0 aliphatic heterocycles. The van der Waals surface area contributed by atoms with Gasteiger partial charge in [0.25, 0.3) is 0 Å². The molecule has 0 saturated carbocycles. The van der Waals surface area contributed by atoms with Crippen molar-refractivity contribution in [2.24, 2.45) is 5.92 Å². The van der Waals surface area contributed by atoms with E-state index in [1.807, 2.05) is 0 Å². The lowest BCUT2D eigenvalue weighted by atomic mass is 10.1. The largest absolute Gasteiger partial charge is 0.465 e. The molecule has 0 spiro atoms. The summed E-state index contributed by atoms with van der Waals surface area (Å²) in [4.78, 5) is 11.0. The van der Waals surface area contributed by atoms with Gasteiger partial charge in [-0.05, 0) is 18.8 Å². The lowest BCUT2D eigenvalue weighted by Gasteiger charge is -2.10. The van der Waals surface area contributed by atoms with Gasteiger partial charge in [-0.25, -0.2) is 0 Å². The van der Waals surface area contributed by atoms with Gasteiger partial charge in [0.05, 0.1) is 6.61 Å². The normalized spacial score (nSPS) is 12.5. The van der Waals surface area contributed by atoms with Crippen LogP contribution in [-0.4, -0.2) is 18.5 Å². The molecular weight excluding hydrogens is 188 g/mol. The first-order valence-electron chi connectivity index (χ1n) is 4.92. The summed E-state index contributed by atoms with van der Waals surface area (Å²) in [5, 5.41) is 0. The molecule has 2 nitrogen and oxygen atoms in total. The summed E-state index contributed by atoms with van der Waals surface area (Å²) in [6.45, 7) is 4.78. The molecule has 78 valence electrons. The predicted octanol–water partition coefficient (Wildman–Crippen LogP) is 2.98. The molecule has 0 fully saturated rings. The van der Waals surface area contributed by atoms with Gasteiger partial charge in [0, 0.05) is 12.3 Å². The maximum absolute atomic E-state index is 11.0. The molecule has 0 aromatic heterocycles. The fraction of sp³-hybridized carbons (Fsp3) is 0.900. The van der Waals surface area contributed by atoms with E-state index in [0.717, 1.165) is 12.8 Å². The van der Waals surface area contributed by atoms with Crippen LogP contribution >= 0.6 is 11.6 Å². The molecule has 0 aliphatic carbocycles. The van der Waals surface area contributed by atoms with Crippen LogP contribution in [0.5, 0.6) is 0 Å². The van der Waals surface area contributed by atoms with Gasteiger partial charge in [-0.2, -0.15) is 0 Å². The molecule has 0 saturated heterocycles. The molecule has 0 N–H and O–H groups in total. The third-order valence-corrected chi connectivity index (χ3v) is 2.09. The monoisotopic (exact) mass is 206 g/mol. The van der Waals surface area contributed by atoms with Crippen molar-refractivity contribution in [1.29, 1.82) is 0 Å². The predicted molar refractivity (Wildman–Crippen MR) is 55.0 cm³/mol. The van der Waals surface area contributed by atoms with Gasteiger partial charge >= 0.3 is 5.97 Å². The number of rotatable bonds is 7. The number of ether oxygens (including phenoxy) is 1. The maximum atomic E-state index is 11.0. The number of carbonyl (C=O) groups is 1. The molecule has 13 heavy (non-hydrogen) atoms. The number of alkyl halides is 1. The van der Waals surface area contributed by atoms with Crippen LogP contribution in [0.3, 0.4) is 0 Å². The molecule has 1 unspecified atom stereocenters. The lowest BCUT2D eigenvalue weighted by molar-refractivity contribution is -0.144. The molecule has 1 atom stereocenters. The van der Waals surface area contributed by atoms with Gasteiger partial charge in [-0.1, -0.05) is 20.3 Å². The summed E-state index contributed by atoms with van der Waals surface area (Å²) >= 11 is 5.45. The highest BCUT2D eigenvalue weighted by atomic mass is 35.5. The van der Waals surface area contributed by atoms with Crippen molar-refractivity contribution in [1.82, 2.24) is 0 Å². The summed E-state index contributed by atoms with van der Waals surface area (Å²) in [5.74, 6) is 0.883. The van der Waals surface area contributed by atoms with Crippen LogP contribution in [0.1, 0.15) is 39.5 Å². The first-order valence-corrected chi connectivity index (χ1v) is 5.45. The second kappa shape index (κ2) is 8.36. The number of esters is 1. The Bertz CT molecular complexity index is 137. The first kappa shape index (κ1) is 12.8. The van der Waals surface area contributed by atoms with E-state index in [0.29, 0.717) is 31.2 Å². The van der Waals surface area contributed by atoms with Gasteiger partial charge in [0.2, 0.25) is 0 Å². The fourth-order valence-electron chi connectivity index (χ4n) is 1.09. The minimum atomic E-state index is -0.122. The Labute approximate surface area is 85.6 Å². The third-order valence-electron chi connectivity index (χ3n) is 1.82. The quantitative estimate of drug-likeness (QED) is 0.473. The second-order valence-electron chi connectivity index (χ2n) is 3.37. The summed E-state index contributed by atoms with van der Waals surface area (Å²) in [5.41, 5.74) is 0. The molecule has 3 heteroatoms. The Morgan fingerprint density at radius 3 is 2.77 bits per heavy atom. The number of carbonyl (C=O) groups excluding carboxylic acids is 1. The molecular formula is C10H19ClO2. The van der Waals surface area contributed by atoms with E-state index in [4.69, 9.17) is 16.3 Å². The third kappa shape index (κ3) is 8.10. The summed E-state index contributed by atoms with van der Waals surface area (Å²) in [6.07, 6.45) is 3.41. The van der Waals surface area contributed by atoms with Crippen LogP contribution in [0.2, 0.25) is 0 Å². The topological polar surface area (TPSA) is 26.3 Å². The zero-order valence-electron chi connectivity index (χ0n) is 8.51. The average Bonchev–Trinajstić information content (AvgIpc) is 2.12. The van der Waals surface area contributed by atoms with E-state index in [1.165, 1.54) is 0 Å². The minimum absolute atomic E-state index is 0.122. The van der Waals surface area contributed by atoms with Crippen molar-refractivity contribution in [3.63, 3.8) is 0 Å². The standard InChI is InChI=1S/C10H19ClO2/c1-3-5-9(2)8-13-10(12)6-4-7-11/h9H,3-8H2,1-2H3. The van der Waals surface area contributed by atoms with Crippen LogP contribution in [0, 0.1) is 5.92 Å². The Hall–Kier alpha value is -0.240. The van der Waals surface area contributed by atoms with Crippen LogP contribution in [0.15, 0.2) is 0 Å². The Kier molecular flexibility index (Phi) is 8.21. The van der Waals surface area contributed by atoms with E-state index in [1.54, 1.807) is 0 Å². The van der Waals surface area contributed by atoms with Crippen LogP contribution in [0.4, 0.5) is 0 Å². The average molecular weight is 207 g/mol. The second-order valence-corrected chi connectivity index (χ2v) is 3.75. The molecule has 0 heterocycles. The molecule has 0 rings (SSSR count). The van der Waals surface area contributed by atoms with Crippen molar-refractivity contribution in [3.05, 3.63) is 0 Å². The van der Waals surface area contributed by atoms with Crippen molar-refractivity contribution in [2.75, 3.05) is 12.5 Å². The van der Waals surface area contributed by atoms with Gasteiger partial charge in [-0.15, -0.1) is 11.6 Å². The Morgan fingerprint density at radius 2 is 2.23 bits per heavy atom. The van der Waals surface area contributed by atoms with Crippen molar-refractivity contribution in [3.8, 4) is 0 Å². The fourth-order valence-corrected chi connectivity index (χ4v) is 1.23. The Balaban J connectivity index is 3.34. The number of hydrogen-bond acceptors (Lipinski definition) is 2. The van der Waals surface area contributed by atoms with Crippen molar-refractivity contribution < 1.29 is 9.53 Å². The number of hydrogen-bond donors (Lipinski definition) is 0. The summed E-state index contributed by atoms with van der Waals surface area (Å²) in [7, 11) is 0. The van der Waals surface area contributed by atoms with E-state index in [-0.39, 0.29) is 5.97 Å². The Morgan fingerprint density at radius 1 is 1.54 bits per heavy atom. The first-order chi connectivity index (χ1) is 6.20. The zero-order valence-corrected chi connectivity index (χ0v) is 9.27. The molecule has 0 aromatic rings. The van der Waals surface area contributed by atoms with Gasteiger partial charge in [0.1, 0.15) is 0 Å². The smallest absolute Gasteiger partial charge is 0.305 e. The van der Waals surface area contributed by atoms with E-state index in [9.17, 15) is 4.79 Å². The van der Waals surface area contributed by atoms with Crippen LogP contribution in [-0.2, 0) is 9.53 Å². The van der Waals surface area contributed by atoms with Gasteiger partial charge < -0.3 is 4.74 Å². The van der Waals surface area contributed by atoms with Gasteiger partial charge in [-0.3, -0.25) is 4.79 Å². The highest BCUT2D eigenvalue weighted by Crippen LogP contribution is 2.06.